The van der Waals surface area contributed by atoms with Crippen molar-refractivity contribution in [1.82, 2.24) is 5.32 Å². The van der Waals surface area contributed by atoms with E-state index in [9.17, 15) is 0 Å². The van der Waals surface area contributed by atoms with Crippen LogP contribution in [0.15, 0.2) is 24.3 Å². The second-order valence-corrected chi connectivity index (χ2v) is 4.61. The summed E-state index contributed by atoms with van der Waals surface area (Å²) in [7, 11) is 1.73. The van der Waals surface area contributed by atoms with Gasteiger partial charge in [0.25, 0.3) is 0 Å². The summed E-state index contributed by atoms with van der Waals surface area (Å²) >= 11 is 2.31. The summed E-state index contributed by atoms with van der Waals surface area (Å²) in [6.45, 7) is 3.78. The van der Waals surface area contributed by atoms with Crippen LogP contribution in [0, 0.1) is 3.57 Å². The normalized spacial score (nSPS) is 12.8. The third kappa shape index (κ3) is 4.39. The molecule has 1 rings (SSSR count). The van der Waals surface area contributed by atoms with Crippen LogP contribution in [-0.4, -0.2) is 19.8 Å². The van der Waals surface area contributed by atoms with E-state index in [4.69, 9.17) is 4.74 Å². The Balaban J connectivity index is 2.34. The molecule has 0 aliphatic carbocycles. The molecule has 14 heavy (non-hydrogen) atoms. The zero-order valence-electron chi connectivity index (χ0n) is 8.59. The fourth-order valence-electron chi connectivity index (χ4n) is 1.20. The van der Waals surface area contributed by atoms with Crippen molar-refractivity contribution in [2.75, 3.05) is 13.7 Å². The molecule has 1 aromatic carbocycles. The second-order valence-electron chi connectivity index (χ2n) is 3.36. The molecular weight excluding hydrogens is 289 g/mol. The monoisotopic (exact) mass is 305 g/mol. The van der Waals surface area contributed by atoms with Crippen molar-refractivity contribution in [2.45, 2.75) is 19.5 Å². The molecule has 0 fully saturated rings. The number of benzene rings is 1. The van der Waals surface area contributed by atoms with Gasteiger partial charge in [0.2, 0.25) is 0 Å². The summed E-state index contributed by atoms with van der Waals surface area (Å²) in [4.78, 5) is 0. The quantitative estimate of drug-likeness (QED) is 0.844. The highest BCUT2D eigenvalue weighted by atomic mass is 127. The van der Waals surface area contributed by atoms with Crippen LogP contribution >= 0.6 is 22.6 Å². The van der Waals surface area contributed by atoms with E-state index >= 15 is 0 Å². The van der Waals surface area contributed by atoms with Crippen molar-refractivity contribution in [2.24, 2.45) is 0 Å². The van der Waals surface area contributed by atoms with Crippen molar-refractivity contribution in [3.63, 3.8) is 0 Å². The predicted molar refractivity (Wildman–Crippen MR) is 67.3 cm³/mol. The summed E-state index contributed by atoms with van der Waals surface area (Å²) in [5.41, 5.74) is 1.31. The van der Waals surface area contributed by atoms with Gasteiger partial charge in [-0.15, -0.1) is 0 Å². The first kappa shape index (κ1) is 11.9. The SMILES string of the molecule is COCC(C)NCc1ccc(I)cc1. The van der Waals surface area contributed by atoms with Crippen LogP contribution in [0.5, 0.6) is 0 Å². The van der Waals surface area contributed by atoms with E-state index in [0.29, 0.717) is 6.04 Å². The highest BCUT2D eigenvalue weighted by Gasteiger charge is 1.99. The molecule has 1 N–H and O–H groups in total. The van der Waals surface area contributed by atoms with Crippen molar-refractivity contribution in [3.05, 3.63) is 33.4 Å². The molecule has 0 bridgehead atoms. The van der Waals surface area contributed by atoms with Crippen LogP contribution in [0.25, 0.3) is 0 Å². The fraction of sp³-hybridized carbons (Fsp3) is 0.455. The van der Waals surface area contributed by atoms with Gasteiger partial charge in [-0.2, -0.15) is 0 Å². The minimum Gasteiger partial charge on any atom is -0.383 e. The maximum absolute atomic E-state index is 5.05. The summed E-state index contributed by atoms with van der Waals surface area (Å²) in [5.74, 6) is 0. The zero-order chi connectivity index (χ0) is 10.4. The van der Waals surface area contributed by atoms with Gasteiger partial charge in [0.1, 0.15) is 0 Å². The molecule has 0 aliphatic rings. The minimum absolute atomic E-state index is 0.402. The van der Waals surface area contributed by atoms with Crippen molar-refractivity contribution in [1.29, 1.82) is 0 Å². The van der Waals surface area contributed by atoms with E-state index in [1.807, 2.05) is 0 Å². The third-order valence-corrected chi connectivity index (χ3v) is 2.70. The molecule has 0 heterocycles. The molecule has 0 amide bonds. The molecule has 0 saturated heterocycles. The van der Waals surface area contributed by atoms with Gasteiger partial charge in [0.05, 0.1) is 6.61 Å². The molecule has 3 heteroatoms. The first-order valence-electron chi connectivity index (χ1n) is 4.69. The van der Waals surface area contributed by atoms with Gasteiger partial charge in [0.15, 0.2) is 0 Å². The highest BCUT2D eigenvalue weighted by Crippen LogP contribution is 2.06. The highest BCUT2D eigenvalue weighted by molar-refractivity contribution is 14.1. The van der Waals surface area contributed by atoms with Gasteiger partial charge in [0, 0.05) is 23.3 Å². The standard InChI is InChI=1S/C11H16INO/c1-9(8-14-2)13-7-10-3-5-11(12)6-4-10/h3-6,9,13H,7-8H2,1-2H3. The lowest BCUT2D eigenvalue weighted by Gasteiger charge is -2.12. The molecule has 2 nitrogen and oxygen atoms in total. The molecule has 1 atom stereocenters. The predicted octanol–water partition coefficient (Wildman–Crippen LogP) is 2.42. The van der Waals surface area contributed by atoms with Crippen molar-refractivity contribution < 1.29 is 4.74 Å². The Morgan fingerprint density at radius 3 is 2.57 bits per heavy atom. The van der Waals surface area contributed by atoms with Gasteiger partial charge >= 0.3 is 0 Å². The Morgan fingerprint density at radius 1 is 1.36 bits per heavy atom. The van der Waals surface area contributed by atoms with Gasteiger partial charge in [-0.05, 0) is 47.2 Å². The maximum atomic E-state index is 5.05. The molecule has 0 aromatic heterocycles. The largest absolute Gasteiger partial charge is 0.383 e. The van der Waals surface area contributed by atoms with E-state index in [1.165, 1.54) is 9.13 Å². The van der Waals surface area contributed by atoms with E-state index < -0.39 is 0 Å². The van der Waals surface area contributed by atoms with Crippen LogP contribution in [0.1, 0.15) is 12.5 Å². The molecule has 78 valence electrons. The van der Waals surface area contributed by atoms with Crippen LogP contribution in [-0.2, 0) is 11.3 Å². The average Bonchev–Trinajstić information content (AvgIpc) is 2.17. The second kappa shape index (κ2) is 6.37. The summed E-state index contributed by atoms with van der Waals surface area (Å²) in [5, 5.41) is 3.39. The fourth-order valence-corrected chi connectivity index (χ4v) is 1.56. The lowest BCUT2D eigenvalue weighted by molar-refractivity contribution is 0.171. The first-order valence-corrected chi connectivity index (χ1v) is 5.77. The lowest BCUT2D eigenvalue weighted by atomic mass is 10.2. The number of methoxy groups -OCH3 is 1. The maximum Gasteiger partial charge on any atom is 0.0613 e. The Morgan fingerprint density at radius 2 is 2.00 bits per heavy atom. The average molecular weight is 305 g/mol. The number of hydrogen-bond acceptors (Lipinski definition) is 2. The summed E-state index contributed by atoms with van der Waals surface area (Å²) in [6.07, 6.45) is 0. The summed E-state index contributed by atoms with van der Waals surface area (Å²) < 4.78 is 6.32. The molecule has 0 saturated carbocycles. The van der Waals surface area contributed by atoms with Gasteiger partial charge in [-0.25, -0.2) is 0 Å². The van der Waals surface area contributed by atoms with Gasteiger partial charge in [-0.1, -0.05) is 12.1 Å². The zero-order valence-corrected chi connectivity index (χ0v) is 10.7. The Hall–Kier alpha value is -0.130. The first-order chi connectivity index (χ1) is 6.72. The van der Waals surface area contributed by atoms with Crippen LogP contribution in [0.4, 0.5) is 0 Å². The molecule has 0 spiro atoms. The van der Waals surface area contributed by atoms with E-state index in [2.05, 4.69) is 59.1 Å². The molecule has 1 aromatic rings. The van der Waals surface area contributed by atoms with Crippen molar-refractivity contribution >= 4 is 22.6 Å². The van der Waals surface area contributed by atoms with E-state index in [-0.39, 0.29) is 0 Å². The van der Waals surface area contributed by atoms with Crippen molar-refractivity contribution in [3.8, 4) is 0 Å². The smallest absolute Gasteiger partial charge is 0.0613 e. The van der Waals surface area contributed by atoms with Gasteiger partial charge in [-0.3, -0.25) is 0 Å². The molecule has 0 aliphatic heterocycles. The van der Waals surface area contributed by atoms with Crippen LogP contribution in [0.2, 0.25) is 0 Å². The van der Waals surface area contributed by atoms with E-state index in [0.717, 1.165) is 13.2 Å². The topological polar surface area (TPSA) is 21.3 Å². The molecular formula is C11H16INO. The van der Waals surface area contributed by atoms with E-state index in [1.54, 1.807) is 7.11 Å². The minimum atomic E-state index is 0.402. The lowest BCUT2D eigenvalue weighted by Crippen LogP contribution is -2.29. The Kier molecular flexibility index (Phi) is 5.44. The number of hydrogen-bond donors (Lipinski definition) is 1. The van der Waals surface area contributed by atoms with Gasteiger partial charge < -0.3 is 10.1 Å². The molecule has 1 unspecified atom stereocenters. The number of rotatable bonds is 5. The number of nitrogens with one attached hydrogen (secondary N) is 1. The third-order valence-electron chi connectivity index (χ3n) is 1.98. The van der Waals surface area contributed by atoms with Crippen LogP contribution < -0.4 is 5.32 Å². The Labute approximate surface area is 99.2 Å². The summed E-state index contributed by atoms with van der Waals surface area (Å²) in [6, 6.07) is 8.94. The molecule has 0 radical (unpaired) electrons. The number of halogens is 1. The van der Waals surface area contributed by atoms with Crippen LogP contribution in [0.3, 0.4) is 0 Å². The Bertz CT molecular complexity index is 260. The number of ether oxygens (including phenoxy) is 1.